The van der Waals surface area contributed by atoms with Crippen LogP contribution in [0.2, 0.25) is 0 Å². The second-order valence-electron chi connectivity index (χ2n) is 4.80. The summed E-state index contributed by atoms with van der Waals surface area (Å²) < 4.78 is 0. The summed E-state index contributed by atoms with van der Waals surface area (Å²) in [5.41, 5.74) is 2.49. The molecule has 0 unspecified atom stereocenters. The van der Waals surface area contributed by atoms with Gasteiger partial charge in [-0.25, -0.2) is 0 Å². The zero-order chi connectivity index (χ0) is 14.2. The third kappa shape index (κ3) is 4.67. The van der Waals surface area contributed by atoms with Gasteiger partial charge in [0.05, 0.1) is 6.61 Å². The molecule has 0 saturated carbocycles. The number of hydrogen-bond donors (Lipinski definition) is 2. The molecule has 0 aliphatic heterocycles. The van der Waals surface area contributed by atoms with Crippen LogP contribution in [0.4, 0.5) is 0 Å². The highest BCUT2D eigenvalue weighted by molar-refractivity contribution is 7.98. The Labute approximate surface area is 125 Å². The van der Waals surface area contributed by atoms with Crippen LogP contribution in [0.15, 0.2) is 59.5 Å². The lowest BCUT2D eigenvalue weighted by molar-refractivity contribution is 0.241. The first-order valence-electron chi connectivity index (χ1n) is 6.83. The second kappa shape index (κ2) is 8.10. The van der Waals surface area contributed by atoms with E-state index >= 15 is 0 Å². The molecule has 2 aromatic carbocycles. The predicted molar refractivity (Wildman–Crippen MR) is 86.1 cm³/mol. The van der Waals surface area contributed by atoms with Crippen molar-refractivity contribution >= 4 is 11.8 Å². The van der Waals surface area contributed by atoms with Crippen LogP contribution in [0, 0.1) is 0 Å². The largest absolute Gasteiger partial charge is 0.395 e. The Morgan fingerprint density at radius 3 is 2.30 bits per heavy atom. The van der Waals surface area contributed by atoms with E-state index in [9.17, 15) is 5.11 Å². The first-order chi connectivity index (χ1) is 9.81. The van der Waals surface area contributed by atoms with E-state index in [2.05, 4.69) is 48.0 Å². The van der Waals surface area contributed by atoms with Gasteiger partial charge in [-0.15, -0.1) is 11.8 Å². The highest BCUT2D eigenvalue weighted by Gasteiger charge is 2.07. The molecule has 0 saturated heterocycles. The van der Waals surface area contributed by atoms with Gasteiger partial charge in [0, 0.05) is 17.5 Å². The molecule has 0 heterocycles. The van der Waals surface area contributed by atoms with Crippen molar-refractivity contribution in [3.63, 3.8) is 0 Å². The van der Waals surface area contributed by atoms with E-state index in [1.54, 1.807) is 11.8 Å². The average Bonchev–Trinajstić information content (AvgIpc) is 2.53. The molecule has 2 rings (SSSR count). The monoisotopic (exact) mass is 287 g/mol. The lowest BCUT2D eigenvalue weighted by Gasteiger charge is -2.16. The number of hydrogen-bond acceptors (Lipinski definition) is 3. The van der Waals surface area contributed by atoms with Gasteiger partial charge in [-0.1, -0.05) is 42.5 Å². The van der Waals surface area contributed by atoms with Gasteiger partial charge in [-0.05, 0) is 35.9 Å². The van der Waals surface area contributed by atoms with E-state index < -0.39 is 0 Å². The van der Waals surface area contributed by atoms with Gasteiger partial charge in [-0.2, -0.15) is 0 Å². The minimum absolute atomic E-state index is 0.0950. The fraction of sp³-hybridized carbons (Fsp3) is 0.294. The summed E-state index contributed by atoms with van der Waals surface area (Å²) in [6.07, 6.45) is 2.93. The predicted octanol–water partition coefficient (Wildman–Crippen LogP) is 3.10. The van der Waals surface area contributed by atoms with Gasteiger partial charge in [0.2, 0.25) is 0 Å². The van der Waals surface area contributed by atoms with Crippen molar-refractivity contribution in [2.45, 2.75) is 23.9 Å². The fourth-order valence-electron chi connectivity index (χ4n) is 2.11. The van der Waals surface area contributed by atoms with Crippen LogP contribution in [-0.4, -0.2) is 24.0 Å². The highest BCUT2D eigenvalue weighted by Crippen LogP contribution is 2.14. The van der Waals surface area contributed by atoms with Crippen molar-refractivity contribution in [2.24, 2.45) is 0 Å². The lowest BCUT2D eigenvalue weighted by Crippen LogP contribution is -2.34. The molecule has 106 valence electrons. The van der Waals surface area contributed by atoms with E-state index in [4.69, 9.17) is 0 Å². The molecule has 0 aromatic heterocycles. The number of rotatable bonds is 7. The van der Waals surface area contributed by atoms with Gasteiger partial charge in [0.15, 0.2) is 0 Å². The summed E-state index contributed by atoms with van der Waals surface area (Å²) in [5.74, 6) is 0. The smallest absolute Gasteiger partial charge is 0.0587 e. The van der Waals surface area contributed by atoms with Crippen molar-refractivity contribution < 1.29 is 5.11 Å². The number of nitrogens with one attached hydrogen (secondary N) is 1. The molecular formula is C17H21NOS. The summed E-state index contributed by atoms with van der Waals surface area (Å²) in [4.78, 5) is 1.27. The minimum atomic E-state index is 0.0950. The Balaban J connectivity index is 1.86. The SMILES string of the molecule is CSc1ccc(CN[C@H](CO)Cc2ccccc2)cc1. The average molecular weight is 287 g/mol. The first-order valence-corrected chi connectivity index (χ1v) is 8.05. The molecule has 0 amide bonds. The molecule has 0 aliphatic rings. The van der Waals surface area contributed by atoms with Gasteiger partial charge in [0.25, 0.3) is 0 Å². The van der Waals surface area contributed by atoms with Gasteiger partial charge < -0.3 is 10.4 Å². The number of aliphatic hydroxyl groups excluding tert-OH is 1. The maximum atomic E-state index is 9.48. The van der Waals surface area contributed by atoms with Crippen molar-refractivity contribution in [1.29, 1.82) is 0 Å². The van der Waals surface area contributed by atoms with Crippen LogP contribution in [0.5, 0.6) is 0 Å². The van der Waals surface area contributed by atoms with Crippen LogP contribution in [0.1, 0.15) is 11.1 Å². The van der Waals surface area contributed by atoms with E-state index in [1.807, 2.05) is 18.2 Å². The normalized spacial score (nSPS) is 12.3. The van der Waals surface area contributed by atoms with Gasteiger partial charge in [0.1, 0.15) is 0 Å². The molecule has 0 radical (unpaired) electrons. The molecule has 20 heavy (non-hydrogen) atoms. The van der Waals surface area contributed by atoms with Crippen molar-refractivity contribution in [3.05, 3.63) is 65.7 Å². The summed E-state index contributed by atoms with van der Waals surface area (Å²) >= 11 is 1.75. The Bertz CT molecular complexity index is 498. The molecule has 1 atom stereocenters. The third-order valence-electron chi connectivity index (χ3n) is 3.30. The van der Waals surface area contributed by atoms with E-state index in [0.29, 0.717) is 0 Å². The molecule has 0 fully saturated rings. The van der Waals surface area contributed by atoms with Crippen LogP contribution < -0.4 is 5.32 Å². The molecule has 0 bridgehead atoms. The molecule has 2 nitrogen and oxygen atoms in total. The zero-order valence-electron chi connectivity index (χ0n) is 11.8. The molecule has 2 N–H and O–H groups in total. The third-order valence-corrected chi connectivity index (χ3v) is 4.04. The highest BCUT2D eigenvalue weighted by atomic mass is 32.2. The van der Waals surface area contributed by atoms with Gasteiger partial charge >= 0.3 is 0 Å². The standard InChI is InChI=1S/C17H21NOS/c1-20-17-9-7-15(8-10-17)12-18-16(13-19)11-14-5-3-2-4-6-14/h2-10,16,18-19H,11-13H2,1H3/t16-/m0/s1. The van der Waals surface area contributed by atoms with E-state index in [1.165, 1.54) is 16.0 Å². The Morgan fingerprint density at radius 2 is 1.70 bits per heavy atom. The number of benzene rings is 2. The van der Waals surface area contributed by atoms with Crippen molar-refractivity contribution in [3.8, 4) is 0 Å². The Morgan fingerprint density at radius 1 is 1.00 bits per heavy atom. The molecular weight excluding hydrogens is 266 g/mol. The summed E-state index contributed by atoms with van der Waals surface area (Å²) in [6.45, 7) is 0.935. The van der Waals surface area contributed by atoms with E-state index in [0.717, 1.165) is 13.0 Å². The quantitative estimate of drug-likeness (QED) is 0.768. The van der Waals surface area contributed by atoms with E-state index in [-0.39, 0.29) is 12.6 Å². The van der Waals surface area contributed by atoms with Crippen molar-refractivity contribution in [2.75, 3.05) is 12.9 Å². The lowest BCUT2D eigenvalue weighted by atomic mass is 10.1. The first kappa shape index (κ1) is 15.1. The Kier molecular flexibility index (Phi) is 6.12. The van der Waals surface area contributed by atoms with Gasteiger partial charge in [-0.3, -0.25) is 0 Å². The summed E-state index contributed by atoms with van der Waals surface area (Å²) in [5, 5.41) is 12.9. The molecule has 0 aliphatic carbocycles. The topological polar surface area (TPSA) is 32.3 Å². The minimum Gasteiger partial charge on any atom is -0.395 e. The maximum Gasteiger partial charge on any atom is 0.0587 e. The van der Waals surface area contributed by atoms with Crippen LogP contribution in [0.3, 0.4) is 0 Å². The summed E-state index contributed by atoms with van der Waals surface area (Å²) in [7, 11) is 0. The molecule has 2 aromatic rings. The Hall–Kier alpha value is -1.29. The molecule has 0 spiro atoms. The number of thioether (sulfide) groups is 1. The van der Waals surface area contributed by atoms with Crippen LogP contribution >= 0.6 is 11.8 Å². The van der Waals surface area contributed by atoms with Crippen LogP contribution in [-0.2, 0) is 13.0 Å². The molecule has 3 heteroatoms. The second-order valence-corrected chi connectivity index (χ2v) is 5.68. The number of aliphatic hydroxyl groups is 1. The zero-order valence-corrected chi connectivity index (χ0v) is 12.6. The van der Waals surface area contributed by atoms with Crippen LogP contribution in [0.25, 0.3) is 0 Å². The maximum absolute atomic E-state index is 9.48. The fourth-order valence-corrected chi connectivity index (χ4v) is 2.51. The summed E-state index contributed by atoms with van der Waals surface area (Å²) in [6, 6.07) is 18.9. The van der Waals surface area contributed by atoms with Crippen molar-refractivity contribution in [1.82, 2.24) is 5.32 Å².